The fourth-order valence-corrected chi connectivity index (χ4v) is 3.26. The highest BCUT2D eigenvalue weighted by Crippen LogP contribution is 2.38. The van der Waals surface area contributed by atoms with Gasteiger partial charge in [-0.1, -0.05) is 51.8 Å². The summed E-state index contributed by atoms with van der Waals surface area (Å²) in [7, 11) is 0. The second-order valence-electron chi connectivity index (χ2n) is 5.46. The molecule has 0 aliphatic heterocycles. The summed E-state index contributed by atoms with van der Waals surface area (Å²) in [5.74, 6) is -2.11. The summed E-state index contributed by atoms with van der Waals surface area (Å²) in [5.41, 5.74) is 1.08. The molecule has 0 bridgehead atoms. The molecule has 0 fully saturated rings. The minimum absolute atomic E-state index is 0.0488. The van der Waals surface area contributed by atoms with Crippen molar-refractivity contribution in [1.82, 2.24) is 0 Å². The van der Waals surface area contributed by atoms with Crippen LogP contribution in [0.15, 0.2) is 47.6 Å². The van der Waals surface area contributed by atoms with Crippen molar-refractivity contribution in [3.63, 3.8) is 0 Å². The summed E-state index contributed by atoms with van der Waals surface area (Å²) >= 11 is 3.37. The van der Waals surface area contributed by atoms with Gasteiger partial charge in [0.2, 0.25) is 0 Å². The number of aryl methyl sites for hydroxylation is 1. The summed E-state index contributed by atoms with van der Waals surface area (Å²) in [5, 5.41) is 19.9. The number of aliphatic carboxylic acids is 2. The third-order valence-electron chi connectivity index (χ3n) is 3.83. The first kappa shape index (κ1) is 16.5. The molecule has 1 aliphatic rings. The van der Waals surface area contributed by atoms with Crippen LogP contribution in [0.3, 0.4) is 0 Å². The van der Waals surface area contributed by atoms with Crippen molar-refractivity contribution in [1.29, 1.82) is 0 Å². The maximum Gasteiger partial charge on any atom is 0.331 e. The van der Waals surface area contributed by atoms with E-state index in [2.05, 4.69) is 15.9 Å². The lowest BCUT2D eigenvalue weighted by Gasteiger charge is -2.30. The van der Waals surface area contributed by atoms with Gasteiger partial charge in [0.1, 0.15) is 5.41 Å². The Kier molecular flexibility index (Phi) is 4.86. The number of hydrogen-bond donors (Lipinski definition) is 2. The lowest BCUT2D eigenvalue weighted by Crippen LogP contribution is -2.37. The summed E-state index contributed by atoms with van der Waals surface area (Å²) in [6, 6.07) is 7.36. The van der Waals surface area contributed by atoms with E-state index in [0.29, 0.717) is 11.1 Å². The van der Waals surface area contributed by atoms with Gasteiger partial charge >= 0.3 is 11.9 Å². The molecular weight excluding hydrogens is 348 g/mol. The van der Waals surface area contributed by atoms with Gasteiger partial charge in [-0.25, -0.2) is 4.79 Å². The summed E-state index contributed by atoms with van der Waals surface area (Å²) in [6.45, 7) is 1.72. The Labute approximate surface area is 137 Å². The quantitative estimate of drug-likeness (QED) is 0.786. The zero-order valence-electron chi connectivity index (χ0n) is 12.2. The minimum atomic E-state index is -1.32. The maximum absolute atomic E-state index is 12.0. The second kappa shape index (κ2) is 6.48. The van der Waals surface area contributed by atoms with Crippen LogP contribution in [0.2, 0.25) is 0 Å². The molecule has 1 atom stereocenters. The molecule has 0 saturated heterocycles. The largest absolute Gasteiger partial charge is 0.480 e. The van der Waals surface area contributed by atoms with E-state index in [1.165, 1.54) is 6.08 Å². The van der Waals surface area contributed by atoms with Crippen molar-refractivity contribution in [2.45, 2.75) is 25.2 Å². The molecule has 0 amide bonds. The molecule has 1 aromatic rings. The number of alkyl halides is 1. The highest BCUT2D eigenvalue weighted by molar-refractivity contribution is 9.09. The Morgan fingerprint density at radius 3 is 2.64 bits per heavy atom. The van der Waals surface area contributed by atoms with E-state index in [1.54, 1.807) is 19.1 Å². The summed E-state index contributed by atoms with van der Waals surface area (Å²) < 4.78 is 0. The van der Waals surface area contributed by atoms with E-state index >= 15 is 0 Å². The van der Waals surface area contributed by atoms with Crippen LogP contribution in [0.25, 0.3) is 0 Å². The van der Waals surface area contributed by atoms with Gasteiger partial charge in [0.15, 0.2) is 0 Å². The van der Waals surface area contributed by atoms with Crippen LogP contribution in [-0.4, -0.2) is 27.5 Å². The molecule has 0 heterocycles. The molecule has 2 N–H and O–H groups in total. The molecular formula is C17H17BrO4. The first-order chi connectivity index (χ1) is 10.4. The van der Waals surface area contributed by atoms with Gasteiger partial charge in [0.25, 0.3) is 0 Å². The average molecular weight is 365 g/mol. The Balaban J connectivity index is 2.55. The van der Waals surface area contributed by atoms with E-state index in [0.717, 1.165) is 17.3 Å². The summed E-state index contributed by atoms with van der Waals surface area (Å²) in [4.78, 5) is 23.3. The molecule has 0 spiro atoms. The van der Waals surface area contributed by atoms with Gasteiger partial charge < -0.3 is 10.2 Å². The van der Waals surface area contributed by atoms with Gasteiger partial charge in [-0.05, 0) is 30.5 Å². The normalized spacial score (nSPS) is 21.0. The monoisotopic (exact) mass is 364 g/mol. The zero-order chi connectivity index (χ0) is 16.3. The third-order valence-corrected chi connectivity index (χ3v) is 4.22. The molecule has 22 heavy (non-hydrogen) atoms. The average Bonchev–Trinajstić information content (AvgIpc) is 2.47. The predicted molar refractivity (Wildman–Crippen MR) is 87.3 cm³/mol. The van der Waals surface area contributed by atoms with Crippen molar-refractivity contribution in [2.75, 3.05) is 5.33 Å². The van der Waals surface area contributed by atoms with Gasteiger partial charge in [-0.3, -0.25) is 4.79 Å². The third kappa shape index (κ3) is 3.14. The van der Waals surface area contributed by atoms with Crippen molar-refractivity contribution in [3.05, 3.63) is 58.7 Å². The smallest absolute Gasteiger partial charge is 0.331 e. The SMILES string of the molecule is CC1=CC(C(=O)O)(c2cccc(CCBr)c2)CC(C(=O)O)=C1. The minimum Gasteiger partial charge on any atom is -0.480 e. The van der Waals surface area contributed by atoms with E-state index in [1.807, 2.05) is 18.2 Å². The molecule has 5 heteroatoms. The van der Waals surface area contributed by atoms with Crippen LogP contribution in [0, 0.1) is 0 Å². The maximum atomic E-state index is 12.0. The van der Waals surface area contributed by atoms with E-state index < -0.39 is 17.4 Å². The number of carboxylic acid groups (broad SMARTS) is 2. The molecule has 0 aromatic heterocycles. The number of carbonyl (C=O) groups is 2. The topological polar surface area (TPSA) is 74.6 Å². The Bertz CT molecular complexity index is 675. The molecule has 2 rings (SSSR count). The molecule has 4 nitrogen and oxygen atoms in total. The van der Waals surface area contributed by atoms with Gasteiger partial charge in [-0.15, -0.1) is 0 Å². The van der Waals surface area contributed by atoms with Crippen LogP contribution in [0.4, 0.5) is 0 Å². The number of hydrogen-bond acceptors (Lipinski definition) is 2. The molecule has 1 aliphatic carbocycles. The van der Waals surface area contributed by atoms with Gasteiger partial charge in [0.05, 0.1) is 0 Å². The number of allylic oxidation sites excluding steroid dienone is 2. The van der Waals surface area contributed by atoms with Crippen LogP contribution in [0.5, 0.6) is 0 Å². The molecule has 0 radical (unpaired) electrons. The van der Waals surface area contributed by atoms with Crippen LogP contribution < -0.4 is 0 Å². The number of rotatable bonds is 5. The Hall–Kier alpha value is -1.88. The van der Waals surface area contributed by atoms with Gasteiger partial charge in [0, 0.05) is 17.3 Å². The fraction of sp³-hybridized carbons (Fsp3) is 0.294. The Morgan fingerprint density at radius 1 is 1.32 bits per heavy atom. The number of halogens is 1. The highest BCUT2D eigenvalue weighted by Gasteiger charge is 2.42. The molecule has 1 unspecified atom stereocenters. The number of benzene rings is 1. The molecule has 0 saturated carbocycles. The van der Waals surface area contributed by atoms with Crippen LogP contribution in [0.1, 0.15) is 24.5 Å². The standard InChI is InChI=1S/C17H17BrO4/c1-11-7-13(15(19)20)10-17(9-11,16(21)22)14-4-2-3-12(8-14)5-6-18/h2-4,7-9H,5-6,10H2,1H3,(H,19,20)(H,21,22). The molecule has 1 aromatic carbocycles. The lowest BCUT2D eigenvalue weighted by atomic mass is 9.71. The zero-order valence-corrected chi connectivity index (χ0v) is 13.8. The van der Waals surface area contributed by atoms with Crippen molar-refractivity contribution in [3.8, 4) is 0 Å². The van der Waals surface area contributed by atoms with Crippen molar-refractivity contribution >= 4 is 27.9 Å². The van der Waals surface area contributed by atoms with Crippen LogP contribution in [-0.2, 0) is 21.4 Å². The fourth-order valence-electron chi connectivity index (χ4n) is 2.80. The molecule has 116 valence electrons. The second-order valence-corrected chi connectivity index (χ2v) is 6.25. The number of carboxylic acids is 2. The Morgan fingerprint density at radius 2 is 2.05 bits per heavy atom. The highest BCUT2D eigenvalue weighted by atomic mass is 79.9. The predicted octanol–water partition coefficient (Wildman–Crippen LogP) is 3.31. The van der Waals surface area contributed by atoms with E-state index in [9.17, 15) is 19.8 Å². The lowest BCUT2D eigenvalue weighted by molar-refractivity contribution is -0.142. The van der Waals surface area contributed by atoms with Crippen LogP contribution >= 0.6 is 15.9 Å². The van der Waals surface area contributed by atoms with E-state index in [-0.39, 0.29) is 12.0 Å². The van der Waals surface area contributed by atoms with E-state index in [4.69, 9.17) is 0 Å². The van der Waals surface area contributed by atoms with Gasteiger partial charge in [-0.2, -0.15) is 0 Å². The van der Waals surface area contributed by atoms with Crippen molar-refractivity contribution < 1.29 is 19.8 Å². The first-order valence-corrected chi connectivity index (χ1v) is 8.03. The van der Waals surface area contributed by atoms with Crippen molar-refractivity contribution in [2.24, 2.45) is 0 Å². The first-order valence-electron chi connectivity index (χ1n) is 6.91. The summed E-state index contributed by atoms with van der Waals surface area (Å²) in [6.07, 6.45) is 3.92.